The summed E-state index contributed by atoms with van der Waals surface area (Å²) >= 11 is 0. The number of hydrogen-bond acceptors (Lipinski definition) is 4. The van der Waals surface area contributed by atoms with E-state index in [1.54, 1.807) is 48.5 Å². The highest BCUT2D eigenvalue weighted by molar-refractivity contribution is 5.93. The number of piperidine rings is 1. The molecule has 6 heteroatoms. The van der Waals surface area contributed by atoms with Gasteiger partial charge in [-0.3, -0.25) is 9.59 Å². The Bertz CT molecular complexity index is 789. The molecular weight excluding hydrogens is 330 g/mol. The summed E-state index contributed by atoms with van der Waals surface area (Å²) in [5, 5.41) is 6.31. The van der Waals surface area contributed by atoms with Crippen molar-refractivity contribution in [2.45, 2.75) is 25.8 Å². The standard InChI is InChI=1S/C20H23N3O3/c1-13-11-15(9-10-22-13)20(25)23-16-5-7-17(8-6-16)26-18-4-2-3-14(12-18)19(21)24/h2-8,12-13,15,22H,9-11H2,1H3,(H2,21,24)(H,23,25)/t13-,15-/m0/s1. The van der Waals surface area contributed by atoms with Gasteiger partial charge in [0.2, 0.25) is 11.8 Å². The lowest BCUT2D eigenvalue weighted by Crippen LogP contribution is -2.40. The molecule has 2 aromatic carbocycles. The summed E-state index contributed by atoms with van der Waals surface area (Å²) in [5.74, 6) is 0.738. The zero-order valence-corrected chi connectivity index (χ0v) is 14.7. The van der Waals surface area contributed by atoms with Crippen LogP contribution in [0.25, 0.3) is 0 Å². The first kappa shape index (κ1) is 17.9. The van der Waals surface area contributed by atoms with Crippen LogP contribution in [0, 0.1) is 5.92 Å². The van der Waals surface area contributed by atoms with Crippen LogP contribution in [0.1, 0.15) is 30.1 Å². The van der Waals surface area contributed by atoms with Crippen LogP contribution in [0.3, 0.4) is 0 Å². The molecule has 2 atom stereocenters. The van der Waals surface area contributed by atoms with Crippen molar-refractivity contribution in [1.82, 2.24) is 5.32 Å². The third kappa shape index (κ3) is 4.61. The molecule has 136 valence electrons. The van der Waals surface area contributed by atoms with Crippen molar-refractivity contribution in [3.63, 3.8) is 0 Å². The second-order valence-corrected chi connectivity index (χ2v) is 6.58. The van der Waals surface area contributed by atoms with E-state index in [0.717, 1.165) is 25.1 Å². The van der Waals surface area contributed by atoms with Gasteiger partial charge in [-0.2, -0.15) is 0 Å². The molecule has 4 N–H and O–H groups in total. The minimum absolute atomic E-state index is 0.0405. The molecule has 2 aromatic rings. The van der Waals surface area contributed by atoms with Gasteiger partial charge in [0.1, 0.15) is 11.5 Å². The lowest BCUT2D eigenvalue weighted by Gasteiger charge is -2.27. The zero-order valence-electron chi connectivity index (χ0n) is 14.7. The molecule has 0 saturated carbocycles. The lowest BCUT2D eigenvalue weighted by molar-refractivity contribution is -0.120. The molecule has 6 nitrogen and oxygen atoms in total. The minimum Gasteiger partial charge on any atom is -0.457 e. The van der Waals surface area contributed by atoms with Gasteiger partial charge in [-0.25, -0.2) is 0 Å². The summed E-state index contributed by atoms with van der Waals surface area (Å²) in [4.78, 5) is 23.6. The van der Waals surface area contributed by atoms with E-state index in [-0.39, 0.29) is 11.8 Å². The van der Waals surface area contributed by atoms with Gasteiger partial charge in [0.05, 0.1) is 0 Å². The highest BCUT2D eigenvalue weighted by atomic mass is 16.5. The largest absolute Gasteiger partial charge is 0.457 e. The highest BCUT2D eigenvalue weighted by Gasteiger charge is 2.24. The fourth-order valence-electron chi connectivity index (χ4n) is 3.07. The normalized spacial score (nSPS) is 19.6. The summed E-state index contributed by atoms with van der Waals surface area (Å²) in [5.41, 5.74) is 6.40. The molecule has 0 unspecified atom stereocenters. The molecule has 0 bridgehead atoms. The molecule has 0 aliphatic carbocycles. The number of carbonyl (C=O) groups excluding carboxylic acids is 2. The van der Waals surface area contributed by atoms with Crippen molar-refractivity contribution in [2.24, 2.45) is 11.7 Å². The van der Waals surface area contributed by atoms with E-state index in [9.17, 15) is 9.59 Å². The number of rotatable bonds is 5. The maximum atomic E-state index is 12.4. The van der Waals surface area contributed by atoms with Gasteiger partial charge in [-0.15, -0.1) is 0 Å². The van der Waals surface area contributed by atoms with E-state index in [1.807, 2.05) is 0 Å². The first-order valence-corrected chi connectivity index (χ1v) is 8.73. The van der Waals surface area contributed by atoms with Crippen LogP contribution < -0.4 is 21.1 Å². The number of anilines is 1. The lowest BCUT2D eigenvalue weighted by atomic mass is 9.92. The molecule has 1 saturated heterocycles. The van der Waals surface area contributed by atoms with Gasteiger partial charge in [-0.05, 0) is 68.8 Å². The van der Waals surface area contributed by atoms with Crippen LogP contribution >= 0.6 is 0 Å². The monoisotopic (exact) mass is 353 g/mol. The van der Waals surface area contributed by atoms with Crippen molar-refractivity contribution >= 4 is 17.5 Å². The summed E-state index contributed by atoms with van der Waals surface area (Å²) < 4.78 is 5.73. The summed E-state index contributed by atoms with van der Waals surface area (Å²) in [6.07, 6.45) is 1.71. The predicted molar refractivity (Wildman–Crippen MR) is 100 cm³/mol. The molecule has 1 aliphatic rings. The minimum atomic E-state index is -0.499. The number of carbonyl (C=O) groups is 2. The van der Waals surface area contributed by atoms with E-state index < -0.39 is 5.91 Å². The highest BCUT2D eigenvalue weighted by Crippen LogP contribution is 2.25. The first-order valence-electron chi connectivity index (χ1n) is 8.73. The zero-order chi connectivity index (χ0) is 18.5. The van der Waals surface area contributed by atoms with Gasteiger partial charge >= 0.3 is 0 Å². The van der Waals surface area contributed by atoms with Gasteiger partial charge in [-0.1, -0.05) is 6.07 Å². The fourth-order valence-corrected chi connectivity index (χ4v) is 3.07. The molecular formula is C20H23N3O3. The van der Waals surface area contributed by atoms with Crippen molar-refractivity contribution in [1.29, 1.82) is 0 Å². The average molecular weight is 353 g/mol. The van der Waals surface area contributed by atoms with E-state index >= 15 is 0 Å². The Labute approximate surface area is 152 Å². The number of benzene rings is 2. The van der Waals surface area contributed by atoms with Gasteiger partial charge < -0.3 is 21.1 Å². The number of nitrogens with two attached hydrogens (primary N) is 1. The maximum absolute atomic E-state index is 12.4. The second-order valence-electron chi connectivity index (χ2n) is 6.58. The van der Waals surface area contributed by atoms with Crippen molar-refractivity contribution in [2.75, 3.05) is 11.9 Å². The Hall–Kier alpha value is -2.86. The van der Waals surface area contributed by atoms with Crippen LogP contribution in [0.5, 0.6) is 11.5 Å². The molecule has 2 amide bonds. The Morgan fingerprint density at radius 1 is 1.15 bits per heavy atom. The second kappa shape index (κ2) is 8.01. The average Bonchev–Trinajstić information content (AvgIpc) is 2.63. The van der Waals surface area contributed by atoms with Crippen LogP contribution in [-0.2, 0) is 4.79 Å². The van der Waals surface area contributed by atoms with E-state index in [4.69, 9.17) is 10.5 Å². The third-order valence-corrected chi connectivity index (χ3v) is 4.47. The first-order chi connectivity index (χ1) is 12.5. The molecule has 26 heavy (non-hydrogen) atoms. The number of ether oxygens (including phenoxy) is 1. The van der Waals surface area contributed by atoms with E-state index in [2.05, 4.69) is 17.6 Å². The van der Waals surface area contributed by atoms with Crippen molar-refractivity contribution < 1.29 is 14.3 Å². The summed E-state index contributed by atoms with van der Waals surface area (Å²) in [6.45, 7) is 2.97. The third-order valence-electron chi connectivity index (χ3n) is 4.47. The Balaban J connectivity index is 1.60. The van der Waals surface area contributed by atoms with Crippen LogP contribution in [0.15, 0.2) is 48.5 Å². The Kier molecular flexibility index (Phi) is 5.53. The fraction of sp³-hybridized carbons (Fsp3) is 0.300. The van der Waals surface area contributed by atoms with E-state index in [0.29, 0.717) is 23.1 Å². The summed E-state index contributed by atoms with van der Waals surface area (Å²) in [7, 11) is 0. The van der Waals surface area contributed by atoms with Crippen molar-refractivity contribution in [3.05, 3.63) is 54.1 Å². The number of nitrogens with one attached hydrogen (secondary N) is 2. The van der Waals surface area contributed by atoms with Gasteiger partial charge in [0.25, 0.3) is 0 Å². The number of hydrogen-bond donors (Lipinski definition) is 3. The Morgan fingerprint density at radius 3 is 2.62 bits per heavy atom. The van der Waals surface area contributed by atoms with Crippen LogP contribution in [0.4, 0.5) is 5.69 Å². The molecule has 3 rings (SSSR count). The van der Waals surface area contributed by atoms with Gasteiger partial charge in [0, 0.05) is 23.2 Å². The SMILES string of the molecule is C[C@H]1C[C@@H](C(=O)Nc2ccc(Oc3cccc(C(N)=O)c3)cc2)CCN1. The quantitative estimate of drug-likeness (QED) is 0.770. The number of amides is 2. The molecule has 0 spiro atoms. The van der Waals surface area contributed by atoms with E-state index in [1.165, 1.54) is 0 Å². The van der Waals surface area contributed by atoms with Crippen molar-refractivity contribution in [3.8, 4) is 11.5 Å². The molecule has 1 fully saturated rings. The number of primary amides is 1. The summed E-state index contributed by atoms with van der Waals surface area (Å²) in [6, 6.07) is 14.2. The van der Waals surface area contributed by atoms with Crippen LogP contribution in [-0.4, -0.2) is 24.4 Å². The Morgan fingerprint density at radius 2 is 1.92 bits per heavy atom. The molecule has 0 radical (unpaired) electrons. The maximum Gasteiger partial charge on any atom is 0.248 e. The van der Waals surface area contributed by atoms with Crippen LogP contribution in [0.2, 0.25) is 0 Å². The predicted octanol–water partition coefficient (Wildman–Crippen LogP) is 2.90. The molecule has 1 heterocycles. The molecule has 1 aliphatic heterocycles. The van der Waals surface area contributed by atoms with Gasteiger partial charge in [0.15, 0.2) is 0 Å². The molecule has 0 aromatic heterocycles. The smallest absolute Gasteiger partial charge is 0.248 e. The topological polar surface area (TPSA) is 93.4 Å².